The fourth-order valence-electron chi connectivity index (χ4n) is 3.53. The molecular weight excluding hydrogens is 484 g/mol. The van der Waals surface area contributed by atoms with Crippen LogP contribution in [0.25, 0.3) is 0 Å². The van der Waals surface area contributed by atoms with Crippen molar-refractivity contribution in [2.45, 2.75) is 19.5 Å². The lowest BCUT2D eigenvalue weighted by atomic mass is 10.1. The number of benzene rings is 1. The Kier molecular flexibility index (Phi) is 5.94. The summed E-state index contributed by atoms with van der Waals surface area (Å²) in [5.41, 5.74) is 0.680. The van der Waals surface area contributed by atoms with Crippen molar-refractivity contribution >= 4 is 22.1 Å². The number of aromatic nitrogens is 2. The van der Waals surface area contributed by atoms with Crippen LogP contribution in [0.2, 0.25) is 0 Å². The quantitative estimate of drug-likeness (QED) is 0.526. The van der Waals surface area contributed by atoms with E-state index in [9.17, 15) is 17.6 Å². The highest BCUT2D eigenvalue weighted by atomic mass is 32.2. The van der Waals surface area contributed by atoms with Gasteiger partial charge < -0.3 is 9.47 Å². The molecule has 0 radical (unpaired) electrons. The van der Waals surface area contributed by atoms with E-state index in [2.05, 4.69) is 14.7 Å². The first kappa shape index (κ1) is 22.9. The highest BCUT2D eigenvalue weighted by Crippen LogP contribution is 2.33. The zero-order valence-corrected chi connectivity index (χ0v) is 19.0. The second kappa shape index (κ2) is 9.07. The molecule has 1 saturated heterocycles. The predicted molar refractivity (Wildman–Crippen MR) is 119 cm³/mol. The van der Waals surface area contributed by atoms with Crippen LogP contribution in [0.3, 0.4) is 0 Å². The van der Waals surface area contributed by atoms with Gasteiger partial charge in [-0.25, -0.2) is 23.5 Å². The van der Waals surface area contributed by atoms with Gasteiger partial charge in [0.25, 0.3) is 5.88 Å². The Bertz CT molecular complexity index is 1400. The Labute approximate surface area is 199 Å². The molecule has 2 aromatic heterocycles. The Morgan fingerprint density at radius 1 is 1.11 bits per heavy atom. The molecule has 4 heterocycles. The van der Waals surface area contributed by atoms with Crippen LogP contribution in [0.5, 0.6) is 17.4 Å². The molecule has 10 nitrogen and oxygen atoms in total. The summed E-state index contributed by atoms with van der Waals surface area (Å²) >= 11 is 0. The highest BCUT2D eigenvalue weighted by Gasteiger charge is 2.30. The Morgan fingerprint density at radius 3 is 2.69 bits per heavy atom. The monoisotopic (exact) mass is 503 g/mol. The van der Waals surface area contributed by atoms with Crippen LogP contribution in [-0.2, 0) is 23.3 Å². The lowest BCUT2D eigenvalue weighted by Gasteiger charge is -2.30. The minimum absolute atomic E-state index is 0.0623. The molecule has 2 aliphatic rings. The van der Waals surface area contributed by atoms with E-state index in [1.165, 1.54) is 45.9 Å². The molecule has 1 fully saturated rings. The number of carbonyl (C=O) groups excluding carboxylic acids is 1. The number of nitrogens with one attached hydrogen (secondary N) is 1. The third-order valence-corrected chi connectivity index (χ3v) is 7.00. The Morgan fingerprint density at radius 2 is 1.94 bits per heavy atom. The highest BCUT2D eigenvalue weighted by molar-refractivity contribution is 7.90. The molecule has 0 saturated carbocycles. The maximum Gasteiger partial charge on any atom is 0.415 e. The van der Waals surface area contributed by atoms with E-state index in [-0.39, 0.29) is 36.0 Å². The van der Waals surface area contributed by atoms with Gasteiger partial charge in [-0.05, 0) is 36.8 Å². The molecule has 0 unspecified atom stereocenters. The summed E-state index contributed by atoms with van der Waals surface area (Å²) in [4.78, 5) is 21.4. The van der Waals surface area contributed by atoms with E-state index in [1.807, 2.05) is 0 Å². The summed E-state index contributed by atoms with van der Waals surface area (Å²) < 4.78 is 67.5. The Hall–Kier alpha value is -3.84. The molecule has 2 aliphatic heterocycles. The van der Waals surface area contributed by atoms with E-state index in [1.54, 1.807) is 12.1 Å². The van der Waals surface area contributed by atoms with Crippen molar-refractivity contribution < 1.29 is 31.5 Å². The second-order valence-electron chi connectivity index (χ2n) is 7.88. The van der Waals surface area contributed by atoms with Gasteiger partial charge in [-0.2, -0.15) is 12.7 Å². The molecule has 3 aromatic rings. The smallest absolute Gasteiger partial charge is 0.415 e. The van der Waals surface area contributed by atoms with Crippen LogP contribution in [0.1, 0.15) is 17.5 Å². The predicted octanol–water partition coefficient (Wildman–Crippen LogP) is 3.42. The molecule has 0 atom stereocenters. The van der Waals surface area contributed by atoms with Gasteiger partial charge in [0.05, 0.1) is 13.1 Å². The standard InChI is InChI=1S/C22H19F2N5O5S/c23-17-3-1-7-26-21(17)33-16-5-4-14-12-28(22(30)34-18(14)11-16)13-15-6-8-25-20(19(15)24)27-35(31,32)29-9-2-10-29/h1,3-8,11H,2,9-10,12-13H2,(H,25,27). The average Bonchev–Trinajstić information content (AvgIpc) is 2.77. The molecule has 0 aliphatic carbocycles. The molecule has 1 N–H and O–H groups in total. The Balaban J connectivity index is 1.31. The number of ether oxygens (including phenoxy) is 2. The third kappa shape index (κ3) is 4.72. The van der Waals surface area contributed by atoms with Gasteiger partial charge in [0.1, 0.15) is 11.5 Å². The number of rotatable bonds is 7. The summed E-state index contributed by atoms with van der Waals surface area (Å²) in [5.74, 6) is -1.73. The lowest BCUT2D eigenvalue weighted by Crippen LogP contribution is -2.45. The SMILES string of the molecule is O=C1Oc2cc(Oc3ncccc3F)ccc2CN1Cc1ccnc(NS(=O)(=O)N2CCC2)c1F. The summed E-state index contributed by atoms with van der Waals surface area (Å²) in [6.07, 6.45) is 2.64. The van der Waals surface area contributed by atoms with E-state index >= 15 is 4.39 Å². The number of hydrogen-bond acceptors (Lipinski definition) is 7. The largest absolute Gasteiger partial charge is 0.436 e. The number of carbonyl (C=O) groups is 1. The van der Waals surface area contributed by atoms with Crippen molar-refractivity contribution in [3.05, 3.63) is 71.6 Å². The van der Waals surface area contributed by atoms with Crippen molar-refractivity contribution in [3.63, 3.8) is 0 Å². The van der Waals surface area contributed by atoms with Crippen molar-refractivity contribution in [1.29, 1.82) is 0 Å². The van der Waals surface area contributed by atoms with Crippen molar-refractivity contribution in [1.82, 2.24) is 19.2 Å². The minimum atomic E-state index is -3.89. The maximum absolute atomic E-state index is 15.0. The average molecular weight is 503 g/mol. The number of hydrogen-bond donors (Lipinski definition) is 1. The molecule has 35 heavy (non-hydrogen) atoms. The zero-order valence-electron chi connectivity index (χ0n) is 18.1. The third-order valence-electron chi connectivity index (χ3n) is 5.51. The maximum atomic E-state index is 15.0. The molecule has 0 bridgehead atoms. The molecule has 13 heteroatoms. The molecule has 1 amide bonds. The van der Waals surface area contributed by atoms with Gasteiger partial charge in [0.2, 0.25) is 0 Å². The van der Waals surface area contributed by atoms with Crippen molar-refractivity contribution in [2.24, 2.45) is 0 Å². The minimum Gasteiger partial charge on any atom is -0.436 e. The summed E-state index contributed by atoms with van der Waals surface area (Å²) in [6.45, 7) is 0.643. The van der Waals surface area contributed by atoms with Crippen LogP contribution >= 0.6 is 0 Å². The van der Waals surface area contributed by atoms with E-state index in [4.69, 9.17) is 9.47 Å². The summed E-state index contributed by atoms with van der Waals surface area (Å²) in [7, 11) is -3.89. The fourth-order valence-corrected chi connectivity index (χ4v) is 4.78. The van der Waals surface area contributed by atoms with Crippen LogP contribution in [0.15, 0.2) is 48.8 Å². The normalized spacial score (nSPS) is 15.7. The zero-order chi connectivity index (χ0) is 24.6. The van der Waals surface area contributed by atoms with Crippen LogP contribution in [-0.4, -0.2) is 46.8 Å². The van der Waals surface area contributed by atoms with Gasteiger partial charge >= 0.3 is 16.3 Å². The van der Waals surface area contributed by atoms with Gasteiger partial charge in [-0.3, -0.25) is 9.62 Å². The molecule has 1 aromatic carbocycles. The second-order valence-corrected chi connectivity index (χ2v) is 9.55. The van der Waals surface area contributed by atoms with Crippen LogP contribution in [0.4, 0.5) is 19.4 Å². The fraction of sp³-hybridized carbons (Fsp3) is 0.227. The van der Waals surface area contributed by atoms with Crippen LogP contribution in [0, 0.1) is 11.6 Å². The molecular formula is C22H19F2N5O5S. The van der Waals surface area contributed by atoms with Gasteiger partial charge in [-0.1, -0.05) is 0 Å². The van der Waals surface area contributed by atoms with Gasteiger partial charge in [0.15, 0.2) is 17.5 Å². The van der Waals surface area contributed by atoms with E-state index in [0.717, 1.165) is 6.42 Å². The van der Waals surface area contributed by atoms with Gasteiger partial charge in [-0.15, -0.1) is 0 Å². The number of halogens is 2. The first-order valence-electron chi connectivity index (χ1n) is 10.6. The molecule has 182 valence electrons. The van der Waals surface area contributed by atoms with Crippen molar-refractivity contribution in [3.8, 4) is 17.4 Å². The van der Waals surface area contributed by atoms with E-state index < -0.39 is 33.8 Å². The number of amides is 1. The number of anilines is 1. The molecule has 5 rings (SSSR count). The topological polar surface area (TPSA) is 114 Å². The number of pyridine rings is 2. The first-order chi connectivity index (χ1) is 16.8. The summed E-state index contributed by atoms with van der Waals surface area (Å²) in [6, 6.07) is 8.65. The summed E-state index contributed by atoms with van der Waals surface area (Å²) in [5, 5.41) is 0. The van der Waals surface area contributed by atoms with Crippen LogP contribution < -0.4 is 14.2 Å². The first-order valence-corrected chi connectivity index (χ1v) is 12.0. The molecule has 0 spiro atoms. The lowest BCUT2D eigenvalue weighted by molar-refractivity contribution is 0.134. The number of fused-ring (bicyclic) bond motifs is 1. The van der Waals surface area contributed by atoms with E-state index in [0.29, 0.717) is 18.7 Å². The van der Waals surface area contributed by atoms with Crippen molar-refractivity contribution in [2.75, 3.05) is 17.8 Å². The van der Waals surface area contributed by atoms with Gasteiger partial charge in [0, 0.05) is 42.7 Å². The number of nitrogens with zero attached hydrogens (tertiary/aromatic N) is 4.